The van der Waals surface area contributed by atoms with Crippen LogP contribution in [-0.4, -0.2) is 5.91 Å². The minimum atomic E-state index is 0.0370. The Balaban J connectivity index is 1.72. The van der Waals surface area contributed by atoms with E-state index >= 15 is 0 Å². The van der Waals surface area contributed by atoms with E-state index in [0.29, 0.717) is 0 Å². The second-order valence-corrected chi connectivity index (χ2v) is 5.02. The molecule has 100 valence electrons. The molecular weight excluding hydrogens is 246 g/mol. The van der Waals surface area contributed by atoms with Gasteiger partial charge in [0.2, 0.25) is 0 Å². The molecule has 0 unspecified atom stereocenters. The van der Waals surface area contributed by atoms with Gasteiger partial charge in [-0.2, -0.15) is 0 Å². The number of benzene rings is 2. The molecule has 2 aromatic carbocycles. The second-order valence-electron chi connectivity index (χ2n) is 5.02. The van der Waals surface area contributed by atoms with Crippen LogP contribution in [0.1, 0.15) is 19.3 Å². The molecule has 2 heteroatoms. The number of carbonyl (C=O) groups is 1. The molecule has 20 heavy (non-hydrogen) atoms. The Labute approximate surface area is 119 Å². The van der Waals surface area contributed by atoms with Gasteiger partial charge in [-0.3, -0.25) is 4.79 Å². The van der Waals surface area contributed by atoms with E-state index in [2.05, 4.69) is 17.4 Å². The highest BCUT2D eigenvalue weighted by molar-refractivity contribution is 6.04. The van der Waals surface area contributed by atoms with Crippen molar-refractivity contribution >= 4 is 11.6 Å². The van der Waals surface area contributed by atoms with Crippen molar-refractivity contribution in [2.45, 2.75) is 19.3 Å². The van der Waals surface area contributed by atoms with Crippen LogP contribution in [0, 0.1) is 0 Å². The molecule has 0 aliphatic heterocycles. The van der Waals surface area contributed by atoms with Crippen molar-refractivity contribution in [1.29, 1.82) is 0 Å². The molecule has 0 spiro atoms. The van der Waals surface area contributed by atoms with E-state index in [1.54, 1.807) is 0 Å². The van der Waals surface area contributed by atoms with E-state index in [9.17, 15) is 4.79 Å². The zero-order valence-corrected chi connectivity index (χ0v) is 11.3. The van der Waals surface area contributed by atoms with E-state index in [-0.39, 0.29) is 5.91 Å². The van der Waals surface area contributed by atoms with Gasteiger partial charge in [0.15, 0.2) is 0 Å². The Hall–Kier alpha value is -2.35. The van der Waals surface area contributed by atoms with Crippen LogP contribution < -0.4 is 5.32 Å². The quantitative estimate of drug-likeness (QED) is 0.873. The van der Waals surface area contributed by atoms with Crippen molar-refractivity contribution in [2.24, 2.45) is 0 Å². The average Bonchev–Trinajstić information content (AvgIpc) is 3.03. The smallest absolute Gasteiger partial charge is 0.251 e. The fourth-order valence-corrected chi connectivity index (χ4v) is 2.47. The number of carbonyl (C=O) groups excluding carboxylic acids is 1. The number of nitrogens with one attached hydrogen (secondary N) is 1. The van der Waals surface area contributed by atoms with Gasteiger partial charge in [-0.25, -0.2) is 0 Å². The molecule has 2 nitrogen and oxygen atoms in total. The molecule has 0 heterocycles. The molecule has 0 atom stereocenters. The van der Waals surface area contributed by atoms with Crippen LogP contribution in [0.15, 0.2) is 66.2 Å². The number of hydrogen-bond acceptors (Lipinski definition) is 1. The van der Waals surface area contributed by atoms with Crippen LogP contribution in [0.3, 0.4) is 0 Å². The molecule has 0 radical (unpaired) electrons. The summed E-state index contributed by atoms with van der Waals surface area (Å²) in [6.45, 7) is 0. The van der Waals surface area contributed by atoms with Crippen LogP contribution >= 0.6 is 0 Å². The highest BCUT2D eigenvalue weighted by Gasteiger charge is 2.13. The van der Waals surface area contributed by atoms with E-state index in [0.717, 1.165) is 36.1 Å². The first kappa shape index (κ1) is 12.7. The largest absolute Gasteiger partial charge is 0.322 e. The molecule has 1 aliphatic rings. The van der Waals surface area contributed by atoms with Gasteiger partial charge in [-0.05, 0) is 42.5 Å². The van der Waals surface area contributed by atoms with Gasteiger partial charge in [-0.1, -0.05) is 48.5 Å². The van der Waals surface area contributed by atoms with Gasteiger partial charge in [0, 0.05) is 11.3 Å². The standard InChI is InChI=1S/C18H17NO/c20-18(16-8-4-5-9-16)19-17-12-10-15(11-13-17)14-6-2-1-3-7-14/h1-3,6-8,10-13H,4-5,9H2,(H,19,20). The first-order valence-corrected chi connectivity index (χ1v) is 6.99. The molecule has 2 aromatic rings. The lowest BCUT2D eigenvalue weighted by Crippen LogP contribution is -2.12. The maximum Gasteiger partial charge on any atom is 0.251 e. The third-order valence-corrected chi connectivity index (χ3v) is 3.58. The van der Waals surface area contributed by atoms with Gasteiger partial charge >= 0.3 is 0 Å². The van der Waals surface area contributed by atoms with E-state index in [1.807, 2.05) is 48.5 Å². The predicted octanol–water partition coefficient (Wildman–Crippen LogP) is 4.40. The summed E-state index contributed by atoms with van der Waals surface area (Å²) in [4.78, 5) is 12.0. The highest BCUT2D eigenvalue weighted by Crippen LogP contribution is 2.23. The van der Waals surface area contributed by atoms with Gasteiger partial charge in [0.05, 0.1) is 0 Å². The normalized spacial score (nSPS) is 13.9. The second kappa shape index (κ2) is 5.74. The lowest BCUT2D eigenvalue weighted by atomic mass is 10.1. The summed E-state index contributed by atoms with van der Waals surface area (Å²) < 4.78 is 0. The maximum absolute atomic E-state index is 12.0. The van der Waals surface area contributed by atoms with Crippen LogP contribution in [0.2, 0.25) is 0 Å². The molecule has 0 aromatic heterocycles. The predicted molar refractivity (Wildman–Crippen MR) is 82.4 cm³/mol. The van der Waals surface area contributed by atoms with Crippen LogP contribution in [0.5, 0.6) is 0 Å². The molecule has 1 aliphatic carbocycles. The maximum atomic E-state index is 12.0. The number of anilines is 1. The molecule has 0 saturated heterocycles. The number of hydrogen-bond donors (Lipinski definition) is 1. The topological polar surface area (TPSA) is 29.1 Å². The summed E-state index contributed by atoms with van der Waals surface area (Å²) in [5, 5.41) is 2.96. The highest BCUT2D eigenvalue weighted by atomic mass is 16.1. The van der Waals surface area contributed by atoms with Crippen molar-refractivity contribution in [3.8, 4) is 11.1 Å². The lowest BCUT2D eigenvalue weighted by Gasteiger charge is -2.07. The Morgan fingerprint density at radius 1 is 0.900 bits per heavy atom. The summed E-state index contributed by atoms with van der Waals surface area (Å²) in [7, 11) is 0. The molecule has 0 bridgehead atoms. The average molecular weight is 263 g/mol. The van der Waals surface area contributed by atoms with Gasteiger partial charge in [0.1, 0.15) is 0 Å². The summed E-state index contributed by atoms with van der Waals surface area (Å²) >= 11 is 0. The Bertz CT molecular complexity index is 626. The van der Waals surface area contributed by atoms with E-state index < -0.39 is 0 Å². The molecular formula is C18H17NO. The zero-order chi connectivity index (χ0) is 13.8. The van der Waals surface area contributed by atoms with E-state index in [1.165, 1.54) is 5.56 Å². The third kappa shape index (κ3) is 2.80. The number of allylic oxidation sites excluding steroid dienone is 1. The summed E-state index contributed by atoms with van der Waals surface area (Å²) in [5.74, 6) is 0.0370. The van der Waals surface area contributed by atoms with Crippen molar-refractivity contribution < 1.29 is 4.79 Å². The molecule has 0 saturated carbocycles. The summed E-state index contributed by atoms with van der Waals surface area (Å²) in [5.41, 5.74) is 4.10. The SMILES string of the molecule is O=C(Nc1ccc(-c2ccccc2)cc1)C1=CCCC1. The van der Waals surface area contributed by atoms with Crippen LogP contribution in [0.4, 0.5) is 5.69 Å². The molecule has 0 fully saturated rings. The monoisotopic (exact) mass is 263 g/mol. The van der Waals surface area contributed by atoms with Crippen molar-refractivity contribution in [2.75, 3.05) is 5.32 Å². The van der Waals surface area contributed by atoms with Crippen molar-refractivity contribution in [1.82, 2.24) is 0 Å². The van der Waals surface area contributed by atoms with Crippen LogP contribution in [0.25, 0.3) is 11.1 Å². The Morgan fingerprint density at radius 3 is 2.25 bits per heavy atom. The van der Waals surface area contributed by atoms with Gasteiger partial charge in [0.25, 0.3) is 5.91 Å². The minimum absolute atomic E-state index is 0.0370. The summed E-state index contributed by atoms with van der Waals surface area (Å²) in [6, 6.07) is 18.2. The fourth-order valence-electron chi connectivity index (χ4n) is 2.47. The zero-order valence-electron chi connectivity index (χ0n) is 11.3. The number of rotatable bonds is 3. The van der Waals surface area contributed by atoms with Crippen molar-refractivity contribution in [3.05, 3.63) is 66.2 Å². The molecule has 1 N–H and O–H groups in total. The third-order valence-electron chi connectivity index (χ3n) is 3.58. The molecule has 3 rings (SSSR count). The first-order chi connectivity index (χ1) is 9.83. The Morgan fingerprint density at radius 2 is 1.60 bits per heavy atom. The van der Waals surface area contributed by atoms with Gasteiger partial charge in [-0.15, -0.1) is 0 Å². The first-order valence-electron chi connectivity index (χ1n) is 6.99. The minimum Gasteiger partial charge on any atom is -0.322 e. The summed E-state index contributed by atoms with van der Waals surface area (Å²) in [6.07, 6.45) is 5.05. The van der Waals surface area contributed by atoms with E-state index in [4.69, 9.17) is 0 Å². The fraction of sp³-hybridized carbons (Fsp3) is 0.167. The number of amides is 1. The van der Waals surface area contributed by atoms with Crippen molar-refractivity contribution in [3.63, 3.8) is 0 Å². The van der Waals surface area contributed by atoms with Gasteiger partial charge < -0.3 is 5.32 Å². The van der Waals surface area contributed by atoms with Crippen LogP contribution in [-0.2, 0) is 4.79 Å². The lowest BCUT2D eigenvalue weighted by molar-refractivity contribution is -0.112. The molecule has 1 amide bonds. The Kier molecular flexibility index (Phi) is 3.64.